The summed E-state index contributed by atoms with van der Waals surface area (Å²) in [5.74, 6) is 1.80. The minimum absolute atomic E-state index is 0.0144. The molecule has 8 nitrogen and oxygen atoms in total. The van der Waals surface area contributed by atoms with Crippen LogP contribution < -0.4 is 14.8 Å². The summed E-state index contributed by atoms with van der Waals surface area (Å²) in [6, 6.07) is 4.70. The first-order chi connectivity index (χ1) is 11.9. The van der Waals surface area contributed by atoms with Crippen molar-refractivity contribution in [2.24, 2.45) is 0 Å². The zero-order valence-electron chi connectivity index (χ0n) is 14.1. The van der Waals surface area contributed by atoms with Crippen LogP contribution >= 0.6 is 0 Å². The van der Waals surface area contributed by atoms with E-state index in [4.69, 9.17) is 13.9 Å². The fourth-order valence-electron chi connectivity index (χ4n) is 2.99. The minimum Gasteiger partial charge on any atom is -0.454 e. The molecule has 1 atom stereocenters. The first-order valence-electron chi connectivity index (χ1n) is 7.85. The van der Waals surface area contributed by atoms with Gasteiger partial charge in [0.15, 0.2) is 11.5 Å². The molecule has 2 aromatic rings. The van der Waals surface area contributed by atoms with E-state index in [-0.39, 0.29) is 19.2 Å². The van der Waals surface area contributed by atoms with Crippen LogP contribution in [-0.4, -0.2) is 28.6 Å². The van der Waals surface area contributed by atoms with Gasteiger partial charge in [-0.25, -0.2) is 9.78 Å². The number of fused-ring (bicyclic) bond motifs is 1. The number of ether oxygens (including phenoxy) is 2. The summed E-state index contributed by atoms with van der Waals surface area (Å²) in [7, 11) is 0. The number of aryl methyl sites for hydroxylation is 2. The molecule has 0 bridgehead atoms. The van der Waals surface area contributed by atoms with E-state index >= 15 is 0 Å². The number of aromatic nitrogens is 1. The van der Waals surface area contributed by atoms with Crippen LogP contribution in [0.15, 0.2) is 22.6 Å². The standard InChI is InChI=1S/C17H17N3O5/c1-9-10(2)25-14(18-9)7-20-15(21)17(3,19-16(20)22)11-4-5-12-13(6-11)24-8-23-12/h4-6H,7-8H2,1-3H3,(H,19,22)/t17-/m1/s1. The lowest BCUT2D eigenvalue weighted by molar-refractivity contribution is -0.131. The van der Waals surface area contributed by atoms with Crippen molar-refractivity contribution in [3.05, 3.63) is 41.1 Å². The lowest BCUT2D eigenvalue weighted by Gasteiger charge is -2.22. The van der Waals surface area contributed by atoms with Gasteiger partial charge in [0.05, 0.1) is 5.69 Å². The summed E-state index contributed by atoms with van der Waals surface area (Å²) in [5, 5.41) is 2.75. The maximum absolute atomic E-state index is 12.9. The van der Waals surface area contributed by atoms with Gasteiger partial charge in [-0.3, -0.25) is 9.69 Å². The molecule has 3 heterocycles. The molecule has 8 heteroatoms. The number of rotatable bonds is 3. The van der Waals surface area contributed by atoms with Crippen molar-refractivity contribution >= 4 is 11.9 Å². The molecule has 1 N–H and O–H groups in total. The highest BCUT2D eigenvalue weighted by molar-refractivity contribution is 6.07. The number of oxazole rings is 1. The Hall–Kier alpha value is -3.03. The Bertz CT molecular complexity index is 871. The number of carbonyl (C=O) groups is 2. The SMILES string of the molecule is Cc1nc(CN2C(=O)N[C@](C)(c3ccc4c(c3)OCO4)C2=O)oc1C. The number of urea groups is 1. The highest BCUT2D eigenvalue weighted by Gasteiger charge is 2.49. The Labute approximate surface area is 143 Å². The van der Waals surface area contributed by atoms with Crippen molar-refractivity contribution in [1.29, 1.82) is 0 Å². The third-order valence-corrected chi connectivity index (χ3v) is 4.59. The van der Waals surface area contributed by atoms with E-state index in [1.165, 1.54) is 0 Å². The van der Waals surface area contributed by atoms with E-state index < -0.39 is 11.6 Å². The Kier molecular flexibility index (Phi) is 3.24. The second-order valence-electron chi connectivity index (χ2n) is 6.26. The largest absolute Gasteiger partial charge is 0.454 e. The molecule has 1 saturated heterocycles. The van der Waals surface area contributed by atoms with Crippen LogP contribution in [0.3, 0.4) is 0 Å². The lowest BCUT2D eigenvalue weighted by atomic mass is 9.91. The zero-order chi connectivity index (χ0) is 17.8. The fraction of sp³-hybridized carbons (Fsp3) is 0.353. The number of nitrogens with one attached hydrogen (secondary N) is 1. The molecule has 130 valence electrons. The van der Waals surface area contributed by atoms with Gasteiger partial charge in [-0.1, -0.05) is 6.07 Å². The molecule has 0 saturated carbocycles. The van der Waals surface area contributed by atoms with Gasteiger partial charge in [0.2, 0.25) is 12.7 Å². The quantitative estimate of drug-likeness (QED) is 0.857. The molecule has 3 amide bonds. The van der Waals surface area contributed by atoms with Crippen molar-refractivity contribution < 1.29 is 23.5 Å². The normalized spacial score (nSPS) is 21.8. The molecular formula is C17H17N3O5. The Morgan fingerprint density at radius 2 is 2.00 bits per heavy atom. The molecule has 0 spiro atoms. The van der Waals surface area contributed by atoms with Gasteiger partial charge in [0.1, 0.15) is 17.8 Å². The predicted octanol–water partition coefficient (Wildman–Crippen LogP) is 1.99. The first kappa shape index (κ1) is 15.5. The van der Waals surface area contributed by atoms with Gasteiger partial charge in [0, 0.05) is 0 Å². The van der Waals surface area contributed by atoms with Gasteiger partial charge >= 0.3 is 6.03 Å². The number of imide groups is 1. The predicted molar refractivity (Wildman–Crippen MR) is 85.0 cm³/mol. The Morgan fingerprint density at radius 3 is 2.72 bits per heavy atom. The van der Waals surface area contributed by atoms with Crippen LogP contribution in [0, 0.1) is 13.8 Å². The van der Waals surface area contributed by atoms with Crippen molar-refractivity contribution in [2.45, 2.75) is 32.9 Å². The number of benzene rings is 1. The van der Waals surface area contributed by atoms with Gasteiger partial charge in [-0.2, -0.15) is 0 Å². The number of carbonyl (C=O) groups excluding carboxylic acids is 2. The molecular weight excluding hydrogens is 326 g/mol. The molecule has 0 radical (unpaired) electrons. The summed E-state index contributed by atoms with van der Waals surface area (Å²) in [6.07, 6.45) is 0. The summed E-state index contributed by atoms with van der Waals surface area (Å²) in [4.78, 5) is 30.6. The van der Waals surface area contributed by atoms with Crippen molar-refractivity contribution in [1.82, 2.24) is 15.2 Å². The Morgan fingerprint density at radius 1 is 1.24 bits per heavy atom. The minimum atomic E-state index is -1.19. The zero-order valence-corrected chi connectivity index (χ0v) is 14.1. The lowest BCUT2D eigenvalue weighted by Crippen LogP contribution is -2.40. The van der Waals surface area contributed by atoms with Crippen LogP contribution in [0.1, 0.15) is 29.8 Å². The molecule has 2 aliphatic rings. The average Bonchev–Trinajstić information content (AvgIpc) is 3.22. The average molecular weight is 343 g/mol. The van der Waals surface area contributed by atoms with E-state index in [9.17, 15) is 9.59 Å². The number of nitrogens with zero attached hydrogens (tertiary/aromatic N) is 2. The van der Waals surface area contributed by atoms with Crippen LogP contribution in [0.5, 0.6) is 11.5 Å². The van der Waals surface area contributed by atoms with Crippen molar-refractivity contribution in [3.8, 4) is 11.5 Å². The van der Waals surface area contributed by atoms with Gasteiger partial charge in [-0.05, 0) is 38.5 Å². The summed E-state index contributed by atoms with van der Waals surface area (Å²) in [6.45, 7) is 5.39. The van der Waals surface area contributed by atoms with Crippen LogP contribution in [0.2, 0.25) is 0 Å². The molecule has 1 aromatic heterocycles. The first-order valence-corrected chi connectivity index (χ1v) is 7.85. The number of hydrogen-bond acceptors (Lipinski definition) is 6. The summed E-state index contributed by atoms with van der Waals surface area (Å²) >= 11 is 0. The molecule has 25 heavy (non-hydrogen) atoms. The van der Waals surface area contributed by atoms with E-state index in [2.05, 4.69) is 10.3 Å². The molecule has 0 unspecified atom stereocenters. The van der Waals surface area contributed by atoms with Crippen LogP contribution in [0.4, 0.5) is 4.79 Å². The smallest absolute Gasteiger partial charge is 0.325 e. The van der Waals surface area contributed by atoms with Crippen molar-refractivity contribution in [3.63, 3.8) is 0 Å². The summed E-state index contributed by atoms with van der Waals surface area (Å²) < 4.78 is 16.1. The molecule has 0 aliphatic carbocycles. The highest BCUT2D eigenvalue weighted by atomic mass is 16.7. The molecule has 4 rings (SSSR count). The maximum atomic E-state index is 12.9. The highest BCUT2D eigenvalue weighted by Crippen LogP contribution is 2.38. The number of amides is 3. The monoisotopic (exact) mass is 343 g/mol. The molecule has 1 fully saturated rings. The third-order valence-electron chi connectivity index (χ3n) is 4.59. The maximum Gasteiger partial charge on any atom is 0.325 e. The molecule has 1 aromatic carbocycles. The summed E-state index contributed by atoms with van der Waals surface area (Å²) in [5.41, 5.74) is 0.173. The van der Waals surface area contributed by atoms with Crippen LogP contribution in [-0.2, 0) is 16.9 Å². The molecule has 2 aliphatic heterocycles. The van der Waals surface area contributed by atoms with Crippen LogP contribution in [0.25, 0.3) is 0 Å². The topological polar surface area (TPSA) is 93.9 Å². The van der Waals surface area contributed by atoms with Gasteiger partial charge < -0.3 is 19.2 Å². The van der Waals surface area contributed by atoms with E-state index in [0.29, 0.717) is 28.7 Å². The second kappa shape index (κ2) is 5.23. The number of hydrogen-bond donors (Lipinski definition) is 1. The van der Waals surface area contributed by atoms with E-state index in [1.807, 2.05) is 6.92 Å². The second-order valence-corrected chi connectivity index (χ2v) is 6.26. The fourth-order valence-corrected chi connectivity index (χ4v) is 2.99. The van der Waals surface area contributed by atoms with Crippen molar-refractivity contribution in [2.75, 3.05) is 6.79 Å². The van der Waals surface area contributed by atoms with E-state index in [0.717, 1.165) is 10.6 Å². The van der Waals surface area contributed by atoms with Gasteiger partial charge in [0.25, 0.3) is 5.91 Å². The third kappa shape index (κ3) is 2.33. The van der Waals surface area contributed by atoms with Gasteiger partial charge in [-0.15, -0.1) is 0 Å². The Balaban J connectivity index is 1.63. The van der Waals surface area contributed by atoms with E-state index in [1.54, 1.807) is 32.0 Å².